The van der Waals surface area contributed by atoms with Gasteiger partial charge in [-0.1, -0.05) is 29.8 Å². The monoisotopic (exact) mass is 435 g/mol. The molecule has 0 unspecified atom stereocenters. The lowest BCUT2D eigenvalue weighted by Gasteiger charge is -2.14. The van der Waals surface area contributed by atoms with Crippen LogP contribution in [0.2, 0.25) is 0 Å². The Balaban J connectivity index is 1.87. The summed E-state index contributed by atoms with van der Waals surface area (Å²) in [6, 6.07) is 10.5. The number of non-ortho nitro benzene ring substituents is 1. The van der Waals surface area contributed by atoms with Crippen LogP contribution in [0.15, 0.2) is 46.9 Å². The van der Waals surface area contributed by atoms with Crippen molar-refractivity contribution in [3.63, 3.8) is 0 Å². The number of nitrogens with one attached hydrogen (secondary N) is 2. The molecule has 0 spiro atoms. The third kappa shape index (κ3) is 5.78. The van der Waals surface area contributed by atoms with E-state index in [0.717, 1.165) is 10.0 Å². The van der Waals surface area contributed by atoms with Gasteiger partial charge in [0, 0.05) is 22.2 Å². The number of halogens is 1. The Morgan fingerprint density at radius 1 is 1.15 bits per heavy atom. The smallest absolute Gasteiger partial charge is 0.276 e. The van der Waals surface area contributed by atoms with Crippen molar-refractivity contribution >= 4 is 33.4 Å². The molecule has 0 aliphatic carbocycles. The summed E-state index contributed by atoms with van der Waals surface area (Å²) in [6.45, 7) is 3.75. The van der Waals surface area contributed by atoms with Crippen LogP contribution >= 0.6 is 15.9 Å². The Hall–Kier alpha value is -2.94. The maximum atomic E-state index is 11.9. The molecule has 27 heavy (non-hydrogen) atoms. The Morgan fingerprint density at radius 3 is 2.41 bits per heavy atom. The minimum Gasteiger partial charge on any atom is -0.483 e. The van der Waals surface area contributed by atoms with Gasteiger partial charge < -0.3 is 4.74 Å². The maximum absolute atomic E-state index is 11.9. The number of hydrazine groups is 1. The van der Waals surface area contributed by atoms with Gasteiger partial charge in [-0.25, -0.2) is 0 Å². The fourth-order valence-corrected chi connectivity index (χ4v) is 2.59. The number of nitrogens with zero attached hydrogens (tertiary/aromatic N) is 1. The zero-order valence-electron chi connectivity index (χ0n) is 14.7. The van der Waals surface area contributed by atoms with Gasteiger partial charge in [-0.2, -0.15) is 0 Å². The molecule has 0 bridgehead atoms. The Labute approximate surface area is 164 Å². The zero-order valence-corrected chi connectivity index (χ0v) is 16.3. The highest BCUT2D eigenvalue weighted by Gasteiger charge is 2.13. The first-order valence-corrected chi connectivity index (χ1v) is 8.83. The number of carbonyl (C=O) groups is 2. The molecule has 0 saturated carbocycles. The standard InChI is InChI=1S/C18H18BrN3O5/c1-11(2)15-9-13(19)5-8-16(15)27-10-17(23)20-21-18(24)12-3-6-14(7-4-12)22(25)26/h3-9,11H,10H2,1-2H3,(H,20,23)(H,21,24). The summed E-state index contributed by atoms with van der Waals surface area (Å²) < 4.78 is 6.45. The van der Waals surface area contributed by atoms with Crippen molar-refractivity contribution in [3.8, 4) is 5.75 Å². The average molecular weight is 436 g/mol. The molecule has 2 aromatic rings. The van der Waals surface area contributed by atoms with E-state index in [4.69, 9.17) is 4.74 Å². The summed E-state index contributed by atoms with van der Waals surface area (Å²) >= 11 is 3.40. The van der Waals surface area contributed by atoms with Crippen molar-refractivity contribution in [1.82, 2.24) is 10.9 Å². The lowest BCUT2D eigenvalue weighted by Crippen LogP contribution is -2.43. The molecule has 0 aromatic heterocycles. The quantitative estimate of drug-likeness (QED) is 0.533. The molecule has 2 aromatic carbocycles. The van der Waals surface area contributed by atoms with Gasteiger partial charge in [-0.05, 0) is 41.8 Å². The van der Waals surface area contributed by atoms with Crippen LogP contribution in [-0.4, -0.2) is 23.3 Å². The number of nitro benzene ring substituents is 1. The number of rotatable bonds is 6. The minimum absolute atomic E-state index is 0.126. The predicted molar refractivity (Wildman–Crippen MR) is 102 cm³/mol. The van der Waals surface area contributed by atoms with E-state index in [9.17, 15) is 19.7 Å². The second-order valence-corrected chi connectivity index (χ2v) is 6.85. The first-order chi connectivity index (χ1) is 12.8. The second-order valence-electron chi connectivity index (χ2n) is 5.93. The summed E-state index contributed by atoms with van der Waals surface area (Å²) in [4.78, 5) is 33.9. The number of benzene rings is 2. The van der Waals surface area contributed by atoms with Crippen LogP contribution in [0.4, 0.5) is 5.69 Å². The molecule has 9 heteroatoms. The topological polar surface area (TPSA) is 111 Å². The van der Waals surface area contributed by atoms with Crippen LogP contribution in [0.1, 0.15) is 35.7 Å². The van der Waals surface area contributed by atoms with Gasteiger partial charge in [0.25, 0.3) is 17.5 Å². The van der Waals surface area contributed by atoms with Gasteiger partial charge in [0.1, 0.15) is 5.75 Å². The lowest BCUT2D eigenvalue weighted by atomic mass is 10.0. The summed E-state index contributed by atoms with van der Waals surface area (Å²) in [7, 11) is 0. The van der Waals surface area contributed by atoms with E-state index >= 15 is 0 Å². The maximum Gasteiger partial charge on any atom is 0.276 e. The largest absolute Gasteiger partial charge is 0.483 e. The molecule has 0 aliphatic rings. The van der Waals surface area contributed by atoms with Crippen LogP contribution in [0.25, 0.3) is 0 Å². The molecular formula is C18H18BrN3O5. The summed E-state index contributed by atoms with van der Waals surface area (Å²) in [5, 5.41) is 10.6. The van der Waals surface area contributed by atoms with Gasteiger partial charge >= 0.3 is 0 Å². The molecule has 0 radical (unpaired) electrons. The molecule has 0 saturated heterocycles. The van der Waals surface area contributed by atoms with E-state index in [1.807, 2.05) is 26.0 Å². The molecule has 0 atom stereocenters. The van der Waals surface area contributed by atoms with Crippen molar-refractivity contribution in [2.75, 3.05) is 6.61 Å². The van der Waals surface area contributed by atoms with Gasteiger partial charge in [0.05, 0.1) is 4.92 Å². The first kappa shape index (κ1) is 20.4. The fraction of sp³-hybridized carbons (Fsp3) is 0.222. The number of amides is 2. The van der Waals surface area contributed by atoms with E-state index in [-0.39, 0.29) is 23.8 Å². The average Bonchev–Trinajstić information content (AvgIpc) is 2.64. The van der Waals surface area contributed by atoms with Crippen molar-refractivity contribution in [3.05, 3.63) is 68.2 Å². The summed E-state index contributed by atoms with van der Waals surface area (Å²) in [6.07, 6.45) is 0. The lowest BCUT2D eigenvalue weighted by molar-refractivity contribution is -0.384. The molecule has 8 nitrogen and oxygen atoms in total. The molecule has 0 heterocycles. The van der Waals surface area contributed by atoms with Crippen molar-refractivity contribution in [1.29, 1.82) is 0 Å². The predicted octanol–water partition coefficient (Wildman–Crippen LogP) is 3.32. The van der Waals surface area contributed by atoms with E-state index in [1.54, 1.807) is 6.07 Å². The minimum atomic E-state index is -0.593. The van der Waals surface area contributed by atoms with Gasteiger partial charge in [0.15, 0.2) is 6.61 Å². The highest BCUT2D eigenvalue weighted by molar-refractivity contribution is 9.10. The van der Waals surface area contributed by atoms with Crippen LogP contribution in [0, 0.1) is 10.1 Å². The van der Waals surface area contributed by atoms with Crippen molar-refractivity contribution in [2.24, 2.45) is 0 Å². The van der Waals surface area contributed by atoms with Crippen molar-refractivity contribution < 1.29 is 19.2 Å². The molecule has 0 aliphatic heterocycles. The molecule has 2 rings (SSSR count). The van der Waals surface area contributed by atoms with Crippen LogP contribution in [0.5, 0.6) is 5.75 Å². The third-order valence-corrected chi connectivity index (χ3v) is 4.10. The van der Waals surface area contributed by atoms with Crippen LogP contribution < -0.4 is 15.6 Å². The summed E-state index contributed by atoms with van der Waals surface area (Å²) in [5.41, 5.74) is 5.48. The van der Waals surface area contributed by atoms with Crippen LogP contribution in [-0.2, 0) is 4.79 Å². The number of hydrogen-bond donors (Lipinski definition) is 2. The zero-order chi connectivity index (χ0) is 20.0. The molecule has 2 N–H and O–H groups in total. The SMILES string of the molecule is CC(C)c1cc(Br)ccc1OCC(=O)NNC(=O)c1ccc([N+](=O)[O-])cc1. The van der Waals surface area contributed by atoms with E-state index < -0.39 is 16.7 Å². The van der Waals surface area contributed by atoms with Gasteiger partial charge in [-0.15, -0.1) is 0 Å². The molecular weight excluding hydrogens is 418 g/mol. The number of nitro groups is 1. The normalized spacial score (nSPS) is 10.4. The highest BCUT2D eigenvalue weighted by Crippen LogP contribution is 2.29. The molecule has 2 amide bonds. The molecule has 0 fully saturated rings. The van der Waals surface area contributed by atoms with E-state index in [0.29, 0.717) is 5.75 Å². The van der Waals surface area contributed by atoms with Crippen LogP contribution in [0.3, 0.4) is 0 Å². The second kappa shape index (κ2) is 9.13. The number of hydrogen-bond acceptors (Lipinski definition) is 5. The first-order valence-electron chi connectivity index (χ1n) is 8.04. The Bertz CT molecular complexity index is 853. The Morgan fingerprint density at radius 2 is 1.81 bits per heavy atom. The summed E-state index contributed by atoms with van der Waals surface area (Å²) in [5.74, 6) is -0.333. The number of ether oxygens (including phenoxy) is 1. The van der Waals surface area contributed by atoms with Crippen molar-refractivity contribution in [2.45, 2.75) is 19.8 Å². The fourth-order valence-electron chi connectivity index (χ4n) is 2.21. The van der Waals surface area contributed by atoms with Gasteiger partial charge in [-0.3, -0.25) is 30.6 Å². The third-order valence-electron chi connectivity index (χ3n) is 3.61. The van der Waals surface area contributed by atoms with Gasteiger partial charge in [0.2, 0.25) is 0 Å². The molecule has 142 valence electrons. The van der Waals surface area contributed by atoms with E-state index in [1.165, 1.54) is 24.3 Å². The van der Waals surface area contributed by atoms with E-state index in [2.05, 4.69) is 26.8 Å². The Kier molecular flexibility index (Phi) is 6.89. The number of carbonyl (C=O) groups excluding carboxylic acids is 2. The highest BCUT2D eigenvalue weighted by atomic mass is 79.9.